The Morgan fingerprint density at radius 2 is 1.82 bits per heavy atom. The van der Waals surface area contributed by atoms with Crippen molar-refractivity contribution >= 4 is 23.1 Å². The van der Waals surface area contributed by atoms with Gasteiger partial charge in [-0.15, -0.1) is 0 Å². The fourth-order valence-corrected chi connectivity index (χ4v) is 3.72. The number of anilines is 2. The predicted octanol–water partition coefficient (Wildman–Crippen LogP) is 3.84. The number of hydrogen-bond acceptors (Lipinski definition) is 6. The molecule has 0 unspecified atom stereocenters. The SMILES string of the molecule is O=C(Nc1ccc(N2CCN(Cc3ccccc3[N+](=O)[O-])CC2)nc1)c1ccc(F)cc1F. The van der Waals surface area contributed by atoms with E-state index in [1.54, 1.807) is 30.3 Å². The van der Waals surface area contributed by atoms with Crippen LogP contribution < -0.4 is 10.2 Å². The van der Waals surface area contributed by atoms with Crippen LogP contribution in [0.15, 0.2) is 60.8 Å². The minimum atomic E-state index is -0.934. The van der Waals surface area contributed by atoms with E-state index in [-0.39, 0.29) is 16.2 Å². The van der Waals surface area contributed by atoms with Gasteiger partial charge in [0.2, 0.25) is 0 Å². The van der Waals surface area contributed by atoms with Gasteiger partial charge in [-0.05, 0) is 24.3 Å². The van der Waals surface area contributed by atoms with Crippen molar-refractivity contribution in [1.29, 1.82) is 0 Å². The molecule has 10 heteroatoms. The lowest BCUT2D eigenvalue weighted by atomic mass is 10.1. The molecular weight excluding hydrogens is 432 g/mol. The minimum Gasteiger partial charge on any atom is -0.354 e. The molecule has 0 bridgehead atoms. The summed E-state index contributed by atoms with van der Waals surface area (Å²) in [5.74, 6) is -1.65. The van der Waals surface area contributed by atoms with Crippen LogP contribution >= 0.6 is 0 Å². The Balaban J connectivity index is 1.33. The smallest absolute Gasteiger partial charge is 0.273 e. The predicted molar refractivity (Wildman–Crippen MR) is 119 cm³/mol. The van der Waals surface area contributed by atoms with Gasteiger partial charge in [0.05, 0.1) is 22.4 Å². The maximum atomic E-state index is 13.8. The lowest BCUT2D eigenvalue weighted by Crippen LogP contribution is -2.46. The third-order valence-electron chi connectivity index (χ3n) is 5.46. The van der Waals surface area contributed by atoms with Crippen molar-refractivity contribution < 1.29 is 18.5 Å². The molecule has 4 rings (SSSR count). The van der Waals surface area contributed by atoms with Gasteiger partial charge in [0.25, 0.3) is 11.6 Å². The van der Waals surface area contributed by atoms with E-state index in [4.69, 9.17) is 0 Å². The third-order valence-corrected chi connectivity index (χ3v) is 5.46. The second-order valence-corrected chi connectivity index (χ2v) is 7.63. The number of piperazine rings is 1. The van der Waals surface area contributed by atoms with Crippen LogP contribution in [0.1, 0.15) is 15.9 Å². The normalized spacial score (nSPS) is 14.2. The summed E-state index contributed by atoms with van der Waals surface area (Å²) in [6.45, 7) is 3.33. The number of amides is 1. The third kappa shape index (κ3) is 5.29. The van der Waals surface area contributed by atoms with Crippen LogP contribution in [0.5, 0.6) is 0 Å². The zero-order valence-electron chi connectivity index (χ0n) is 17.6. The maximum Gasteiger partial charge on any atom is 0.273 e. The molecule has 1 aliphatic heterocycles. The molecule has 33 heavy (non-hydrogen) atoms. The van der Waals surface area contributed by atoms with E-state index in [2.05, 4.69) is 20.1 Å². The summed E-state index contributed by atoms with van der Waals surface area (Å²) < 4.78 is 26.8. The molecule has 1 fully saturated rings. The monoisotopic (exact) mass is 453 g/mol. The maximum absolute atomic E-state index is 13.8. The summed E-state index contributed by atoms with van der Waals surface area (Å²) in [6, 6.07) is 12.9. The molecule has 0 spiro atoms. The standard InChI is InChI=1S/C23H21F2N5O3/c24-17-5-7-19(20(25)13-17)23(31)27-18-6-8-22(26-14-18)29-11-9-28(10-12-29)15-16-3-1-2-4-21(16)30(32)33/h1-8,13-14H,9-12,15H2,(H,27,31). The van der Waals surface area contributed by atoms with Gasteiger partial charge in [-0.25, -0.2) is 13.8 Å². The average Bonchev–Trinajstić information content (AvgIpc) is 2.80. The molecule has 1 amide bonds. The molecular formula is C23H21F2N5O3. The summed E-state index contributed by atoms with van der Waals surface area (Å²) in [5.41, 5.74) is 0.948. The van der Waals surface area contributed by atoms with Gasteiger partial charge in [0, 0.05) is 50.4 Å². The fourth-order valence-electron chi connectivity index (χ4n) is 3.72. The highest BCUT2D eigenvalue weighted by atomic mass is 19.1. The summed E-state index contributed by atoms with van der Waals surface area (Å²) in [5, 5.41) is 13.8. The molecule has 170 valence electrons. The van der Waals surface area contributed by atoms with Crippen molar-refractivity contribution in [1.82, 2.24) is 9.88 Å². The molecule has 3 aromatic rings. The van der Waals surface area contributed by atoms with Crippen molar-refractivity contribution in [2.75, 3.05) is 36.4 Å². The topological polar surface area (TPSA) is 91.6 Å². The average molecular weight is 453 g/mol. The van der Waals surface area contributed by atoms with Crippen molar-refractivity contribution in [2.24, 2.45) is 0 Å². The van der Waals surface area contributed by atoms with E-state index >= 15 is 0 Å². The van der Waals surface area contributed by atoms with Crippen LogP contribution in [0.2, 0.25) is 0 Å². The molecule has 2 aromatic carbocycles. The van der Waals surface area contributed by atoms with Gasteiger partial charge in [0.15, 0.2) is 0 Å². The van der Waals surface area contributed by atoms with Crippen molar-refractivity contribution in [3.05, 3.63) is 93.7 Å². The summed E-state index contributed by atoms with van der Waals surface area (Å²) in [7, 11) is 0. The molecule has 1 N–H and O–H groups in total. The first kappa shape index (κ1) is 22.3. The highest BCUT2D eigenvalue weighted by Gasteiger charge is 2.21. The Morgan fingerprint density at radius 1 is 1.06 bits per heavy atom. The molecule has 0 saturated carbocycles. The van der Waals surface area contributed by atoms with Crippen molar-refractivity contribution in [3.8, 4) is 0 Å². The van der Waals surface area contributed by atoms with Gasteiger partial charge in [-0.3, -0.25) is 19.8 Å². The van der Waals surface area contributed by atoms with E-state index in [0.717, 1.165) is 31.0 Å². The van der Waals surface area contributed by atoms with Crippen molar-refractivity contribution in [3.63, 3.8) is 0 Å². The van der Waals surface area contributed by atoms with E-state index in [0.29, 0.717) is 37.0 Å². The number of para-hydroxylation sites is 1. The number of nitrogens with one attached hydrogen (secondary N) is 1. The fraction of sp³-hybridized carbons (Fsp3) is 0.217. The zero-order chi connectivity index (χ0) is 23.4. The number of aromatic nitrogens is 1. The molecule has 1 aromatic heterocycles. The van der Waals surface area contributed by atoms with E-state index in [1.165, 1.54) is 12.3 Å². The van der Waals surface area contributed by atoms with Crippen LogP contribution in [0.4, 0.5) is 26.0 Å². The van der Waals surface area contributed by atoms with Gasteiger partial charge in [-0.2, -0.15) is 0 Å². The lowest BCUT2D eigenvalue weighted by molar-refractivity contribution is -0.385. The molecule has 2 heterocycles. The molecule has 0 aliphatic carbocycles. The van der Waals surface area contributed by atoms with Gasteiger partial charge < -0.3 is 10.2 Å². The first-order valence-electron chi connectivity index (χ1n) is 10.3. The summed E-state index contributed by atoms with van der Waals surface area (Å²) in [6.07, 6.45) is 1.48. The Labute approximate surface area is 188 Å². The lowest BCUT2D eigenvalue weighted by Gasteiger charge is -2.35. The summed E-state index contributed by atoms with van der Waals surface area (Å²) in [4.78, 5) is 31.7. The van der Waals surface area contributed by atoms with Crippen LogP contribution in [-0.4, -0.2) is 46.9 Å². The van der Waals surface area contributed by atoms with Crippen LogP contribution in [0, 0.1) is 21.7 Å². The number of carbonyl (C=O) groups excluding carboxylic acids is 1. The highest BCUT2D eigenvalue weighted by molar-refractivity contribution is 6.04. The summed E-state index contributed by atoms with van der Waals surface area (Å²) >= 11 is 0. The highest BCUT2D eigenvalue weighted by Crippen LogP contribution is 2.22. The second kappa shape index (κ2) is 9.70. The number of pyridine rings is 1. The molecule has 0 radical (unpaired) electrons. The Bertz CT molecular complexity index is 1170. The second-order valence-electron chi connectivity index (χ2n) is 7.63. The van der Waals surface area contributed by atoms with Crippen LogP contribution in [0.25, 0.3) is 0 Å². The Morgan fingerprint density at radius 3 is 2.48 bits per heavy atom. The molecule has 0 atom stereocenters. The Hall–Kier alpha value is -3.92. The minimum absolute atomic E-state index is 0.125. The van der Waals surface area contributed by atoms with Crippen LogP contribution in [0.3, 0.4) is 0 Å². The first-order chi connectivity index (χ1) is 15.9. The molecule has 1 aliphatic rings. The van der Waals surface area contributed by atoms with E-state index in [9.17, 15) is 23.7 Å². The first-order valence-corrected chi connectivity index (χ1v) is 10.3. The largest absolute Gasteiger partial charge is 0.354 e. The number of nitro benzene ring substituents is 1. The Kier molecular flexibility index (Phi) is 6.55. The quantitative estimate of drug-likeness (QED) is 0.450. The van der Waals surface area contributed by atoms with Gasteiger partial charge in [0.1, 0.15) is 17.5 Å². The molecule has 8 nitrogen and oxygen atoms in total. The van der Waals surface area contributed by atoms with Gasteiger partial charge in [-0.1, -0.05) is 18.2 Å². The number of carbonyl (C=O) groups is 1. The molecule has 1 saturated heterocycles. The number of hydrogen-bond donors (Lipinski definition) is 1. The van der Waals surface area contributed by atoms with E-state index in [1.807, 2.05) is 0 Å². The number of benzene rings is 2. The van der Waals surface area contributed by atoms with Gasteiger partial charge >= 0.3 is 0 Å². The number of nitro groups is 1. The number of rotatable bonds is 6. The van der Waals surface area contributed by atoms with Crippen molar-refractivity contribution in [2.45, 2.75) is 6.54 Å². The number of nitrogens with zero attached hydrogens (tertiary/aromatic N) is 4. The van der Waals surface area contributed by atoms with E-state index < -0.39 is 17.5 Å². The number of halogens is 2. The van der Waals surface area contributed by atoms with Crippen LogP contribution in [-0.2, 0) is 6.54 Å². The zero-order valence-corrected chi connectivity index (χ0v) is 17.6.